The number of furan rings is 1. The number of aromatic nitrogens is 2. The van der Waals surface area contributed by atoms with Gasteiger partial charge in [0.25, 0.3) is 0 Å². The van der Waals surface area contributed by atoms with Gasteiger partial charge in [0.1, 0.15) is 5.76 Å². The lowest BCUT2D eigenvalue weighted by atomic mass is 10.3. The van der Waals surface area contributed by atoms with Crippen LogP contribution >= 0.6 is 0 Å². The molecule has 122 valence electrons. The van der Waals surface area contributed by atoms with Crippen LogP contribution in [0.3, 0.4) is 0 Å². The topological polar surface area (TPSA) is 65.7 Å². The highest BCUT2D eigenvalue weighted by molar-refractivity contribution is 5.78. The maximum absolute atomic E-state index is 12.4. The second-order valence-electron chi connectivity index (χ2n) is 5.67. The SMILES string of the molecule is CN(CC(=O)N1CCN(c2ncccn2)CC1)Cc1ccco1. The Morgan fingerprint density at radius 3 is 2.61 bits per heavy atom. The van der Waals surface area contributed by atoms with Crippen LogP contribution in [0.5, 0.6) is 0 Å². The van der Waals surface area contributed by atoms with Gasteiger partial charge in [-0.25, -0.2) is 9.97 Å². The van der Waals surface area contributed by atoms with Gasteiger partial charge in [0.2, 0.25) is 11.9 Å². The molecule has 0 aromatic carbocycles. The summed E-state index contributed by atoms with van der Waals surface area (Å²) in [4.78, 5) is 26.9. The minimum absolute atomic E-state index is 0.146. The first-order valence-electron chi connectivity index (χ1n) is 7.73. The van der Waals surface area contributed by atoms with Crippen LogP contribution in [0.15, 0.2) is 41.3 Å². The molecule has 0 radical (unpaired) electrons. The Bertz CT molecular complexity index is 609. The Balaban J connectivity index is 1.46. The summed E-state index contributed by atoms with van der Waals surface area (Å²) in [5, 5.41) is 0. The van der Waals surface area contributed by atoms with E-state index in [1.54, 1.807) is 24.7 Å². The van der Waals surface area contributed by atoms with E-state index in [0.717, 1.165) is 24.8 Å². The zero-order valence-electron chi connectivity index (χ0n) is 13.3. The molecule has 2 aromatic heterocycles. The molecule has 7 nitrogen and oxygen atoms in total. The van der Waals surface area contributed by atoms with Crippen LogP contribution in [0.1, 0.15) is 5.76 Å². The Hall–Kier alpha value is -2.41. The largest absolute Gasteiger partial charge is 0.468 e. The predicted octanol–water partition coefficient (Wildman–Crippen LogP) is 0.850. The summed E-state index contributed by atoms with van der Waals surface area (Å²) >= 11 is 0. The van der Waals surface area contributed by atoms with Crippen molar-refractivity contribution >= 4 is 11.9 Å². The number of carbonyl (C=O) groups is 1. The maximum Gasteiger partial charge on any atom is 0.236 e. The molecule has 3 rings (SSSR count). The van der Waals surface area contributed by atoms with E-state index >= 15 is 0 Å². The van der Waals surface area contributed by atoms with Crippen molar-refractivity contribution in [1.82, 2.24) is 19.8 Å². The van der Waals surface area contributed by atoms with Crippen molar-refractivity contribution in [1.29, 1.82) is 0 Å². The predicted molar refractivity (Wildman–Crippen MR) is 85.9 cm³/mol. The van der Waals surface area contributed by atoms with Gasteiger partial charge in [0, 0.05) is 38.6 Å². The van der Waals surface area contributed by atoms with E-state index in [2.05, 4.69) is 14.9 Å². The number of amides is 1. The van der Waals surface area contributed by atoms with E-state index in [9.17, 15) is 4.79 Å². The average Bonchev–Trinajstić information content (AvgIpc) is 3.08. The van der Waals surface area contributed by atoms with E-state index in [0.29, 0.717) is 26.2 Å². The standard InChI is InChI=1S/C16H21N5O2/c1-19(12-14-4-2-11-23-14)13-15(22)20-7-9-21(10-8-20)16-17-5-3-6-18-16/h2-6,11H,7-10,12-13H2,1H3. The van der Waals surface area contributed by atoms with E-state index in [1.807, 2.05) is 29.0 Å². The molecular formula is C16H21N5O2. The quantitative estimate of drug-likeness (QED) is 0.815. The Morgan fingerprint density at radius 1 is 1.22 bits per heavy atom. The van der Waals surface area contributed by atoms with Crippen LogP contribution in [0, 0.1) is 0 Å². The van der Waals surface area contributed by atoms with Gasteiger partial charge in [-0.05, 0) is 25.2 Å². The van der Waals surface area contributed by atoms with Crippen molar-refractivity contribution in [3.05, 3.63) is 42.6 Å². The second kappa shape index (κ2) is 7.23. The highest BCUT2D eigenvalue weighted by atomic mass is 16.3. The molecule has 0 bridgehead atoms. The molecule has 0 aliphatic carbocycles. The monoisotopic (exact) mass is 315 g/mol. The summed E-state index contributed by atoms with van der Waals surface area (Å²) in [5.74, 6) is 1.74. The van der Waals surface area contributed by atoms with E-state index in [4.69, 9.17) is 4.42 Å². The van der Waals surface area contributed by atoms with Crippen LogP contribution < -0.4 is 4.90 Å². The number of rotatable bonds is 5. The van der Waals surface area contributed by atoms with Gasteiger partial charge in [-0.1, -0.05) is 0 Å². The Kier molecular flexibility index (Phi) is 4.87. The van der Waals surface area contributed by atoms with Crippen LogP contribution in [-0.2, 0) is 11.3 Å². The van der Waals surface area contributed by atoms with Gasteiger partial charge >= 0.3 is 0 Å². The molecule has 3 heterocycles. The summed E-state index contributed by atoms with van der Waals surface area (Å²) in [5.41, 5.74) is 0. The number of hydrogen-bond acceptors (Lipinski definition) is 6. The van der Waals surface area contributed by atoms with E-state index in [-0.39, 0.29) is 5.91 Å². The van der Waals surface area contributed by atoms with Gasteiger partial charge in [-0.3, -0.25) is 9.69 Å². The average molecular weight is 315 g/mol. The third-order valence-corrected chi connectivity index (χ3v) is 3.88. The molecule has 7 heteroatoms. The van der Waals surface area contributed by atoms with Crippen molar-refractivity contribution < 1.29 is 9.21 Å². The molecule has 1 amide bonds. The number of carbonyl (C=O) groups excluding carboxylic acids is 1. The molecule has 1 fully saturated rings. The second-order valence-corrected chi connectivity index (χ2v) is 5.67. The number of likely N-dealkylation sites (N-methyl/N-ethyl adjacent to an activating group) is 1. The summed E-state index contributed by atoms with van der Waals surface area (Å²) in [6, 6.07) is 5.58. The van der Waals surface area contributed by atoms with Crippen LogP contribution in [0.4, 0.5) is 5.95 Å². The molecule has 1 saturated heterocycles. The molecule has 0 unspecified atom stereocenters. The number of hydrogen-bond donors (Lipinski definition) is 0. The fourth-order valence-electron chi connectivity index (χ4n) is 2.67. The minimum Gasteiger partial charge on any atom is -0.468 e. The summed E-state index contributed by atoms with van der Waals surface area (Å²) in [6.07, 6.45) is 5.13. The molecule has 1 aliphatic rings. The highest BCUT2D eigenvalue weighted by Gasteiger charge is 2.23. The molecule has 0 atom stereocenters. The van der Waals surface area contributed by atoms with Crippen molar-refractivity contribution in [2.45, 2.75) is 6.54 Å². The summed E-state index contributed by atoms with van der Waals surface area (Å²) in [6.45, 7) is 3.95. The fourth-order valence-corrected chi connectivity index (χ4v) is 2.67. The van der Waals surface area contributed by atoms with Gasteiger partial charge in [0.15, 0.2) is 0 Å². The molecule has 0 saturated carbocycles. The molecule has 1 aliphatic heterocycles. The summed E-state index contributed by atoms with van der Waals surface area (Å²) < 4.78 is 5.31. The van der Waals surface area contributed by atoms with Crippen LogP contribution in [0.2, 0.25) is 0 Å². The lowest BCUT2D eigenvalue weighted by molar-refractivity contribution is -0.132. The summed E-state index contributed by atoms with van der Waals surface area (Å²) in [7, 11) is 1.93. The number of anilines is 1. The zero-order valence-corrected chi connectivity index (χ0v) is 13.3. The first kappa shape index (κ1) is 15.5. The fraction of sp³-hybridized carbons (Fsp3) is 0.438. The molecule has 2 aromatic rings. The lowest BCUT2D eigenvalue weighted by Crippen LogP contribution is -2.51. The van der Waals surface area contributed by atoms with E-state index < -0.39 is 0 Å². The smallest absolute Gasteiger partial charge is 0.236 e. The maximum atomic E-state index is 12.4. The first-order chi connectivity index (χ1) is 11.2. The van der Waals surface area contributed by atoms with Crippen LogP contribution in [0.25, 0.3) is 0 Å². The lowest BCUT2D eigenvalue weighted by Gasteiger charge is -2.35. The number of piperazine rings is 1. The first-order valence-corrected chi connectivity index (χ1v) is 7.73. The molecule has 0 N–H and O–H groups in total. The molecular weight excluding hydrogens is 294 g/mol. The van der Waals surface area contributed by atoms with Crippen LogP contribution in [-0.4, -0.2) is 65.4 Å². The van der Waals surface area contributed by atoms with Gasteiger partial charge in [0.05, 0.1) is 19.4 Å². The third-order valence-electron chi connectivity index (χ3n) is 3.88. The third kappa shape index (κ3) is 4.07. The zero-order chi connectivity index (χ0) is 16.1. The van der Waals surface area contributed by atoms with Crippen molar-refractivity contribution in [3.63, 3.8) is 0 Å². The van der Waals surface area contributed by atoms with Gasteiger partial charge in [-0.15, -0.1) is 0 Å². The van der Waals surface area contributed by atoms with E-state index in [1.165, 1.54) is 0 Å². The van der Waals surface area contributed by atoms with Crippen molar-refractivity contribution in [3.8, 4) is 0 Å². The molecule has 0 spiro atoms. The van der Waals surface area contributed by atoms with Gasteiger partial charge < -0.3 is 14.2 Å². The van der Waals surface area contributed by atoms with Gasteiger partial charge in [-0.2, -0.15) is 0 Å². The van der Waals surface area contributed by atoms with Crippen molar-refractivity contribution in [2.24, 2.45) is 0 Å². The highest BCUT2D eigenvalue weighted by Crippen LogP contribution is 2.10. The Labute approximate surface area is 135 Å². The Morgan fingerprint density at radius 2 is 1.96 bits per heavy atom. The normalized spacial score (nSPS) is 15.2. The molecule has 23 heavy (non-hydrogen) atoms. The minimum atomic E-state index is 0.146. The van der Waals surface area contributed by atoms with Crippen molar-refractivity contribution in [2.75, 3.05) is 44.7 Å². The number of nitrogens with zero attached hydrogens (tertiary/aromatic N) is 5.